The van der Waals surface area contributed by atoms with E-state index < -0.39 is 0 Å². The van der Waals surface area contributed by atoms with E-state index in [1.165, 1.54) is 25.7 Å². The van der Waals surface area contributed by atoms with Gasteiger partial charge in [-0.15, -0.1) is 0 Å². The molecule has 1 heterocycles. The SMILES string of the molecule is O=C(c1ccncc1)C1CCCCCC1. The van der Waals surface area contributed by atoms with Crippen LogP contribution in [0.15, 0.2) is 24.5 Å². The van der Waals surface area contributed by atoms with Crippen LogP contribution in [0, 0.1) is 5.92 Å². The minimum atomic E-state index is 0.259. The van der Waals surface area contributed by atoms with Crippen molar-refractivity contribution in [1.82, 2.24) is 4.98 Å². The number of nitrogens with zero attached hydrogens (tertiary/aromatic N) is 1. The van der Waals surface area contributed by atoms with Crippen LogP contribution < -0.4 is 0 Å². The lowest BCUT2D eigenvalue weighted by Crippen LogP contribution is -2.13. The number of rotatable bonds is 2. The standard InChI is InChI=1S/C13H17NO/c15-13(12-7-9-14-10-8-12)11-5-3-1-2-4-6-11/h7-11H,1-6H2. The van der Waals surface area contributed by atoms with Crippen molar-refractivity contribution in [3.8, 4) is 0 Å². The molecule has 1 fully saturated rings. The molecule has 0 atom stereocenters. The van der Waals surface area contributed by atoms with E-state index in [1.807, 2.05) is 12.1 Å². The highest BCUT2D eigenvalue weighted by atomic mass is 16.1. The van der Waals surface area contributed by atoms with Gasteiger partial charge in [0.05, 0.1) is 0 Å². The lowest BCUT2D eigenvalue weighted by atomic mass is 9.91. The van der Waals surface area contributed by atoms with Crippen molar-refractivity contribution in [1.29, 1.82) is 0 Å². The van der Waals surface area contributed by atoms with Crippen molar-refractivity contribution in [3.63, 3.8) is 0 Å². The van der Waals surface area contributed by atoms with Crippen molar-refractivity contribution in [2.24, 2.45) is 5.92 Å². The van der Waals surface area contributed by atoms with E-state index in [0.29, 0.717) is 5.78 Å². The summed E-state index contributed by atoms with van der Waals surface area (Å²) in [5.74, 6) is 0.578. The van der Waals surface area contributed by atoms with Gasteiger partial charge < -0.3 is 0 Å². The van der Waals surface area contributed by atoms with E-state index in [1.54, 1.807) is 12.4 Å². The first-order valence-corrected chi connectivity index (χ1v) is 5.82. The van der Waals surface area contributed by atoms with Crippen molar-refractivity contribution >= 4 is 5.78 Å². The summed E-state index contributed by atoms with van der Waals surface area (Å²) < 4.78 is 0. The van der Waals surface area contributed by atoms with E-state index in [-0.39, 0.29) is 5.92 Å². The van der Waals surface area contributed by atoms with Crippen LogP contribution in [0.4, 0.5) is 0 Å². The number of aromatic nitrogens is 1. The van der Waals surface area contributed by atoms with Gasteiger partial charge in [-0.25, -0.2) is 0 Å². The van der Waals surface area contributed by atoms with Gasteiger partial charge in [-0.05, 0) is 25.0 Å². The molecule has 1 saturated carbocycles. The molecule has 0 N–H and O–H groups in total. The van der Waals surface area contributed by atoms with Crippen molar-refractivity contribution in [2.45, 2.75) is 38.5 Å². The summed E-state index contributed by atoms with van der Waals surface area (Å²) >= 11 is 0. The normalized spacial score (nSPS) is 18.4. The molecule has 0 aliphatic heterocycles. The molecule has 2 rings (SSSR count). The molecule has 0 bridgehead atoms. The van der Waals surface area contributed by atoms with Crippen LogP contribution in [0.2, 0.25) is 0 Å². The van der Waals surface area contributed by atoms with Gasteiger partial charge in [0.25, 0.3) is 0 Å². The molecule has 1 aliphatic rings. The monoisotopic (exact) mass is 203 g/mol. The molecule has 15 heavy (non-hydrogen) atoms. The van der Waals surface area contributed by atoms with E-state index in [2.05, 4.69) is 4.98 Å². The highest BCUT2D eigenvalue weighted by Gasteiger charge is 2.20. The number of Topliss-reactive ketones (excluding diaryl/α,β-unsaturated/α-hetero) is 1. The van der Waals surface area contributed by atoms with Gasteiger partial charge >= 0.3 is 0 Å². The van der Waals surface area contributed by atoms with Crippen molar-refractivity contribution < 1.29 is 4.79 Å². The molecular weight excluding hydrogens is 186 g/mol. The average Bonchev–Trinajstić information content (AvgIpc) is 2.58. The van der Waals surface area contributed by atoms with Gasteiger partial charge in [-0.1, -0.05) is 25.7 Å². The zero-order chi connectivity index (χ0) is 10.5. The number of hydrogen-bond donors (Lipinski definition) is 0. The number of carbonyl (C=O) groups excluding carboxylic acids is 1. The van der Waals surface area contributed by atoms with Crippen LogP contribution in [-0.4, -0.2) is 10.8 Å². The van der Waals surface area contributed by atoms with Crippen LogP contribution in [0.3, 0.4) is 0 Å². The van der Waals surface area contributed by atoms with E-state index in [4.69, 9.17) is 0 Å². The molecular formula is C13H17NO. The highest BCUT2D eigenvalue weighted by Crippen LogP contribution is 2.25. The van der Waals surface area contributed by atoms with Gasteiger partial charge in [0.1, 0.15) is 0 Å². The summed E-state index contributed by atoms with van der Waals surface area (Å²) in [5.41, 5.74) is 0.830. The first-order chi connectivity index (χ1) is 7.38. The van der Waals surface area contributed by atoms with E-state index in [9.17, 15) is 4.79 Å². The maximum Gasteiger partial charge on any atom is 0.166 e. The quantitative estimate of drug-likeness (QED) is 0.545. The Kier molecular flexibility index (Phi) is 3.49. The molecule has 0 saturated heterocycles. The molecule has 1 aromatic heterocycles. The van der Waals surface area contributed by atoms with Crippen LogP contribution in [0.25, 0.3) is 0 Å². The lowest BCUT2D eigenvalue weighted by molar-refractivity contribution is 0.0908. The van der Waals surface area contributed by atoms with E-state index >= 15 is 0 Å². The number of ketones is 1. The summed E-state index contributed by atoms with van der Waals surface area (Å²) in [4.78, 5) is 16.1. The molecule has 80 valence electrons. The number of carbonyl (C=O) groups is 1. The Labute approximate surface area is 90.7 Å². The Morgan fingerprint density at radius 1 is 1.07 bits per heavy atom. The van der Waals surface area contributed by atoms with Crippen molar-refractivity contribution in [2.75, 3.05) is 0 Å². The Morgan fingerprint density at radius 3 is 2.27 bits per heavy atom. The number of pyridine rings is 1. The zero-order valence-corrected chi connectivity index (χ0v) is 8.98. The molecule has 2 nitrogen and oxygen atoms in total. The van der Waals surface area contributed by atoms with Gasteiger partial charge in [0.15, 0.2) is 5.78 Å². The Balaban J connectivity index is 2.06. The molecule has 2 heteroatoms. The predicted octanol–water partition coefficient (Wildman–Crippen LogP) is 3.23. The first kappa shape index (κ1) is 10.3. The fourth-order valence-corrected chi connectivity index (χ4v) is 2.29. The Bertz CT molecular complexity index is 313. The topological polar surface area (TPSA) is 30.0 Å². The van der Waals surface area contributed by atoms with Crippen LogP contribution in [0.1, 0.15) is 48.9 Å². The first-order valence-electron chi connectivity index (χ1n) is 5.82. The summed E-state index contributed by atoms with van der Waals surface area (Å²) in [6.07, 6.45) is 10.5. The maximum absolute atomic E-state index is 12.1. The zero-order valence-electron chi connectivity index (χ0n) is 8.98. The predicted molar refractivity (Wildman–Crippen MR) is 59.8 cm³/mol. The summed E-state index contributed by atoms with van der Waals surface area (Å²) in [5, 5.41) is 0. The minimum absolute atomic E-state index is 0.259. The second-order valence-electron chi connectivity index (χ2n) is 4.29. The largest absolute Gasteiger partial charge is 0.294 e. The molecule has 1 aromatic rings. The highest BCUT2D eigenvalue weighted by molar-refractivity contribution is 5.97. The Morgan fingerprint density at radius 2 is 1.67 bits per heavy atom. The third-order valence-corrected chi connectivity index (χ3v) is 3.19. The fraction of sp³-hybridized carbons (Fsp3) is 0.538. The van der Waals surface area contributed by atoms with Gasteiger partial charge in [0.2, 0.25) is 0 Å². The number of hydrogen-bond acceptors (Lipinski definition) is 2. The fourth-order valence-electron chi connectivity index (χ4n) is 2.29. The maximum atomic E-state index is 12.1. The third kappa shape index (κ3) is 2.65. The molecule has 0 unspecified atom stereocenters. The van der Waals surface area contributed by atoms with Crippen LogP contribution in [-0.2, 0) is 0 Å². The summed E-state index contributed by atoms with van der Waals surface area (Å²) in [6.45, 7) is 0. The molecule has 0 spiro atoms. The average molecular weight is 203 g/mol. The van der Waals surface area contributed by atoms with Gasteiger partial charge in [0, 0.05) is 23.9 Å². The summed E-state index contributed by atoms with van der Waals surface area (Å²) in [6, 6.07) is 3.65. The van der Waals surface area contributed by atoms with Crippen LogP contribution >= 0.6 is 0 Å². The second kappa shape index (κ2) is 5.06. The Hall–Kier alpha value is -1.18. The smallest absolute Gasteiger partial charge is 0.166 e. The van der Waals surface area contributed by atoms with E-state index in [0.717, 1.165) is 18.4 Å². The minimum Gasteiger partial charge on any atom is -0.294 e. The van der Waals surface area contributed by atoms with Crippen molar-refractivity contribution in [3.05, 3.63) is 30.1 Å². The lowest BCUT2D eigenvalue weighted by Gasteiger charge is -2.12. The van der Waals surface area contributed by atoms with Crippen LogP contribution in [0.5, 0.6) is 0 Å². The molecule has 0 amide bonds. The second-order valence-corrected chi connectivity index (χ2v) is 4.29. The van der Waals surface area contributed by atoms with Gasteiger partial charge in [-0.2, -0.15) is 0 Å². The molecule has 0 aromatic carbocycles. The third-order valence-electron chi connectivity index (χ3n) is 3.19. The molecule has 1 aliphatic carbocycles. The van der Waals surface area contributed by atoms with Gasteiger partial charge in [-0.3, -0.25) is 9.78 Å². The summed E-state index contributed by atoms with van der Waals surface area (Å²) in [7, 11) is 0. The molecule has 0 radical (unpaired) electrons.